The summed E-state index contributed by atoms with van der Waals surface area (Å²) < 4.78 is 14.3. The minimum atomic E-state index is -0.483. The molecule has 0 fully saturated rings. The minimum Gasteiger partial charge on any atom is -0.469 e. The van der Waals surface area contributed by atoms with Crippen molar-refractivity contribution >= 4 is 11.9 Å². The van der Waals surface area contributed by atoms with E-state index in [0.717, 1.165) is 12.1 Å². The molecule has 0 N–H and O–H groups in total. The van der Waals surface area contributed by atoms with Crippen molar-refractivity contribution in [2.75, 3.05) is 27.8 Å². The highest BCUT2D eigenvalue weighted by molar-refractivity contribution is 5.87. The van der Waals surface area contributed by atoms with Crippen molar-refractivity contribution in [2.45, 2.75) is 19.4 Å². The lowest BCUT2D eigenvalue weighted by Gasteiger charge is -2.15. The number of ether oxygens (including phenoxy) is 2. The number of hydrogen-bond donors (Lipinski definition) is 0. The van der Waals surface area contributed by atoms with E-state index in [2.05, 4.69) is 9.47 Å². The Labute approximate surface area is 112 Å². The van der Waals surface area contributed by atoms with Gasteiger partial charge in [-0.15, -0.1) is 0 Å². The van der Waals surface area contributed by atoms with Crippen LogP contribution in [0.5, 0.6) is 0 Å². The van der Waals surface area contributed by atoms with Gasteiger partial charge in [-0.05, 0) is 26.1 Å². The molecule has 0 bridgehead atoms. The van der Waals surface area contributed by atoms with Crippen molar-refractivity contribution in [3.05, 3.63) is 23.7 Å². The summed E-state index contributed by atoms with van der Waals surface area (Å²) in [4.78, 5) is 24.4. The van der Waals surface area contributed by atoms with Crippen LogP contribution in [0.1, 0.15) is 29.0 Å². The first-order valence-electron chi connectivity index (χ1n) is 5.98. The molecular formula is C13H19NO5. The van der Waals surface area contributed by atoms with Gasteiger partial charge in [-0.3, -0.25) is 4.79 Å². The zero-order valence-electron chi connectivity index (χ0n) is 11.5. The molecule has 6 nitrogen and oxygen atoms in total. The van der Waals surface area contributed by atoms with Crippen LogP contribution in [0.2, 0.25) is 0 Å². The van der Waals surface area contributed by atoms with E-state index >= 15 is 0 Å². The maximum absolute atomic E-state index is 11.4. The number of rotatable bonds is 7. The zero-order chi connectivity index (χ0) is 14.3. The lowest BCUT2D eigenvalue weighted by atomic mass is 10.2. The molecule has 0 aliphatic heterocycles. The van der Waals surface area contributed by atoms with E-state index in [9.17, 15) is 9.59 Å². The first-order chi connectivity index (χ1) is 9.08. The highest BCUT2D eigenvalue weighted by atomic mass is 16.5. The fourth-order valence-electron chi connectivity index (χ4n) is 1.70. The van der Waals surface area contributed by atoms with Crippen molar-refractivity contribution in [2.24, 2.45) is 0 Å². The summed E-state index contributed by atoms with van der Waals surface area (Å²) in [6.07, 6.45) is 2.55. The molecule has 19 heavy (non-hydrogen) atoms. The molecule has 0 aliphatic rings. The molecule has 0 saturated carbocycles. The molecule has 1 aromatic heterocycles. The molecule has 6 heteroatoms. The second-order valence-electron chi connectivity index (χ2n) is 4.18. The number of carbonyl (C=O) groups is 2. The standard InChI is InChI=1S/C13H19NO5/c1-14(7-4-5-11(15)17-2)9-10-6-8-19-12(10)13(16)18-3/h6,8H,4-5,7,9H2,1-3H3. The highest BCUT2D eigenvalue weighted by Crippen LogP contribution is 2.14. The van der Waals surface area contributed by atoms with Crippen molar-refractivity contribution in [3.8, 4) is 0 Å². The second kappa shape index (κ2) is 7.58. The third-order valence-electron chi connectivity index (χ3n) is 2.71. The molecule has 1 aromatic rings. The van der Waals surface area contributed by atoms with Crippen molar-refractivity contribution in [3.63, 3.8) is 0 Å². The average molecular weight is 269 g/mol. The molecule has 0 radical (unpaired) electrons. The Morgan fingerprint density at radius 1 is 1.32 bits per heavy atom. The van der Waals surface area contributed by atoms with Crippen LogP contribution < -0.4 is 0 Å². The Hall–Kier alpha value is -1.82. The van der Waals surface area contributed by atoms with Gasteiger partial charge in [0, 0.05) is 18.5 Å². The SMILES string of the molecule is COC(=O)CCCN(C)Cc1ccoc1C(=O)OC. The first-order valence-corrected chi connectivity index (χ1v) is 5.98. The molecule has 106 valence electrons. The van der Waals surface area contributed by atoms with Crippen LogP contribution in [0, 0.1) is 0 Å². The maximum Gasteiger partial charge on any atom is 0.374 e. The lowest BCUT2D eigenvalue weighted by Crippen LogP contribution is -2.21. The molecule has 1 heterocycles. The second-order valence-corrected chi connectivity index (χ2v) is 4.18. The largest absolute Gasteiger partial charge is 0.469 e. The van der Waals surface area contributed by atoms with E-state index in [0.29, 0.717) is 19.4 Å². The van der Waals surface area contributed by atoms with Gasteiger partial charge in [0.2, 0.25) is 5.76 Å². The van der Waals surface area contributed by atoms with Crippen LogP contribution >= 0.6 is 0 Å². The van der Waals surface area contributed by atoms with E-state index in [-0.39, 0.29) is 11.7 Å². The number of furan rings is 1. The third-order valence-corrected chi connectivity index (χ3v) is 2.71. The summed E-state index contributed by atoms with van der Waals surface area (Å²) in [6, 6.07) is 1.74. The summed E-state index contributed by atoms with van der Waals surface area (Å²) in [5.41, 5.74) is 0.771. The Morgan fingerprint density at radius 3 is 2.68 bits per heavy atom. The molecule has 0 atom stereocenters. The summed E-state index contributed by atoms with van der Waals surface area (Å²) in [5, 5.41) is 0. The predicted octanol–water partition coefficient (Wildman–Crippen LogP) is 1.45. The van der Waals surface area contributed by atoms with Crippen LogP contribution in [-0.2, 0) is 20.8 Å². The van der Waals surface area contributed by atoms with Crippen LogP contribution in [0.4, 0.5) is 0 Å². The quantitative estimate of drug-likeness (QED) is 0.698. The number of methoxy groups -OCH3 is 2. The third kappa shape index (κ3) is 4.75. The molecule has 0 spiro atoms. The molecule has 1 rings (SSSR count). The molecule has 0 unspecified atom stereocenters. The van der Waals surface area contributed by atoms with Crippen LogP contribution in [0.3, 0.4) is 0 Å². The van der Waals surface area contributed by atoms with Gasteiger partial charge in [0.1, 0.15) is 0 Å². The average Bonchev–Trinajstić information content (AvgIpc) is 2.85. The van der Waals surface area contributed by atoms with E-state index < -0.39 is 5.97 Å². The summed E-state index contributed by atoms with van der Waals surface area (Å²) in [6.45, 7) is 1.28. The monoisotopic (exact) mass is 269 g/mol. The van der Waals surface area contributed by atoms with Crippen LogP contribution in [0.15, 0.2) is 16.7 Å². The van der Waals surface area contributed by atoms with E-state index in [1.807, 2.05) is 11.9 Å². The number of carbonyl (C=O) groups excluding carboxylic acids is 2. The summed E-state index contributed by atoms with van der Waals surface area (Å²) in [5.74, 6) is -0.475. The fourth-order valence-corrected chi connectivity index (χ4v) is 1.70. The molecular weight excluding hydrogens is 250 g/mol. The smallest absolute Gasteiger partial charge is 0.374 e. The number of hydrogen-bond acceptors (Lipinski definition) is 6. The van der Waals surface area contributed by atoms with Gasteiger partial charge < -0.3 is 18.8 Å². The van der Waals surface area contributed by atoms with E-state index in [1.165, 1.54) is 20.5 Å². The fraction of sp³-hybridized carbons (Fsp3) is 0.538. The Bertz CT molecular complexity index is 426. The number of nitrogens with zero attached hydrogens (tertiary/aromatic N) is 1. The zero-order valence-corrected chi connectivity index (χ0v) is 11.5. The molecule has 0 aliphatic carbocycles. The number of esters is 2. The normalized spacial score (nSPS) is 10.5. The van der Waals surface area contributed by atoms with Crippen molar-refractivity contribution in [1.29, 1.82) is 0 Å². The molecule has 0 amide bonds. The first kappa shape index (κ1) is 15.2. The predicted molar refractivity (Wildman–Crippen MR) is 67.6 cm³/mol. The maximum atomic E-state index is 11.4. The van der Waals surface area contributed by atoms with Gasteiger partial charge in [-0.2, -0.15) is 0 Å². The van der Waals surface area contributed by atoms with Crippen LogP contribution in [0.25, 0.3) is 0 Å². The van der Waals surface area contributed by atoms with Gasteiger partial charge in [0.25, 0.3) is 0 Å². The molecule has 0 aromatic carbocycles. The van der Waals surface area contributed by atoms with Gasteiger partial charge in [0.05, 0.1) is 20.5 Å². The van der Waals surface area contributed by atoms with E-state index in [4.69, 9.17) is 4.42 Å². The Morgan fingerprint density at radius 2 is 2.05 bits per heavy atom. The van der Waals surface area contributed by atoms with Crippen LogP contribution in [-0.4, -0.2) is 44.7 Å². The lowest BCUT2D eigenvalue weighted by molar-refractivity contribution is -0.140. The van der Waals surface area contributed by atoms with Gasteiger partial charge >= 0.3 is 11.9 Å². The van der Waals surface area contributed by atoms with Gasteiger partial charge in [-0.25, -0.2) is 4.79 Å². The highest BCUT2D eigenvalue weighted by Gasteiger charge is 2.16. The van der Waals surface area contributed by atoms with Gasteiger partial charge in [-0.1, -0.05) is 0 Å². The topological polar surface area (TPSA) is 69.0 Å². The van der Waals surface area contributed by atoms with Gasteiger partial charge in [0.15, 0.2) is 0 Å². The summed E-state index contributed by atoms with van der Waals surface area (Å²) in [7, 11) is 4.60. The summed E-state index contributed by atoms with van der Waals surface area (Å²) >= 11 is 0. The minimum absolute atomic E-state index is 0.216. The van der Waals surface area contributed by atoms with E-state index in [1.54, 1.807) is 6.07 Å². The Balaban J connectivity index is 2.44. The Kier molecular flexibility index (Phi) is 6.08. The molecule has 0 saturated heterocycles. The van der Waals surface area contributed by atoms with Crippen molar-refractivity contribution < 1.29 is 23.5 Å². The van der Waals surface area contributed by atoms with Crippen molar-refractivity contribution in [1.82, 2.24) is 4.90 Å².